The van der Waals surface area contributed by atoms with Gasteiger partial charge < -0.3 is 10.2 Å². The van der Waals surface area contributed by atoms with Gasteiger partial charge in [-0.25, -0.2) is 4.39 Å². The fraction of sp³-hybridized carbons (Fsp3) is 0.562. The Labute approximate surface area is 120 Å². The maximum atomic E-state index is 12.9. The summed E-state index contributed by atoms with van der Waals surface area (Å²) in [6, 6.07) is 6.35. The van der Waals surface area contributed by atoms with Gasteiger partial charge in [-0.2, -0.15) is 0 Å². The molecule has 0 spiro atoms. The number of amides is 1. The normalized spacial score (nSPS) is 17.8. The molecule has 1 aliphatic rings. The number of hydrogen-bond donors (Lipinski definition) is 1. The van der Waals surface area contributed by atoms with Gasteiger partial charge in [0, 0.05) is 13.6 Å². The topological polar surface area (TPSA) is 32.3 Å². The zero-order chi connectivity index (χ0) is 14.6. The molecular formula is C16H23FN2O. The van der Waals surface area contributed by atoms with Gasteiger partial charge in [-0.05, 0) is 50.0 Å². The van der Waals surface area contributed by atoms with Crippen LogP contribution in [0.2, 0.25) is 0 Å². The van der Waals surface area contributed by atoms with Gasteiger partial charge in [-0.15, -0.1) is 0 Å². The molecule has 0 bridgehead atoms. The molecule has 2 rings (SSSR count). The number of nitrogens with zero attached hydrogens (tertiary/aromatic N) is 1. The summed E-state index contributed by atoms with van der Waals surface area (Å²) >= 11 is 0. The van der Waals surface area contributed by atoms with Gasteiger partial charge in [0.25, 0.3) is 0 Å². The van der Waals surface area contributed by atoms with E-state index < -0.39 is 0 Å². The molecule has 0 unspecified atom stereocenters. The van der Waals surface area contributed by atoms with Crippen molar-refractivity contribution in [2.45, 2.75) is 32.7 Å². The van der Waals surface area contributed by atoms with Crippen molar-refractivity contribution in [3.63, 3.8) is 0 Å². The lowest BCUT2D eigenvalue weighted by atomic mass is 9.75. The third-order valence-corrected chi connectivity index (χ3v) is 4.37. The first-order chi connectivity index (χ1) is 9.57. The molecule has 1 aromatic rings. The Kier molecular flexibility index (Phi) is 4.76. The van der Waals surface area contributed by atoms with E-state index in [-0.39, 0.29) is 17.1 Å². The van der Waals surface area contributed by atoms with Crippen molar-refractivity contribution in [3.05, 3.63) is 35.6 Å². The van der Waals surface area contributed by atoms with Gasteiger partial charge in [0.2, 0.25) is 5.91 Å². The van der Waals surface area contributed by atoms with Crippen molar-refractivity contribution >= 4 is 5.91 Å². The molecule has 1 heterocycles. The van der Waals surface area contributed by atoms with Crippen molar-refractivity contribution < 1.29 is 9.18 Å². The van der Waals surface area contributed by atoms with E-state index in [1.807, 2.05) is 7.05 Å². The molecule has 1 saturated heterocycles. The molecule has 1 fully saturated rings. The molecular weight excluding hydrogens is 255 g/mol. The number of piperidine rings is 1. The first kappa shape index (κ1) is 15.0. The highest BCUT2D eigenvalue weighted by atomic mass is 19.1. The molecule has 1 aromatic carbocycles. The summed E-state index contributed by atoms with van der Waals surface area (Å²) in [4.78, 5) is 14.5. The Morgan fingerprint density at radius 3 is 2.45 bits per heavy atom. The van der Waals surface area contributed by atoms with Crippen LogP contribution in [-0.2, 0) is 11.3 Å². The predicted octanol–water partition coefficient (Wildman–Crippen LogP) is 2.56. The molecule has 4 heteroatoms. The molecule has 1 N–H and O–H groups in total. The van der Waals surface area contributed by atoms with Crippen molar-refractivity contribution in [1.29, 1.82) is 0 Å². The Morgan fingerprint density at radius 2 is 1.90 bits per heavy atom. The van der Waals surface area contributed by atoms with Crippen LogP contribution in [0.25, 0.3) is 0 Å². The standard InChI is InChI=1S/C16H23FN2O/c1-3-16(8-10-18-11-9-16)15(20)19(2)12-13-4-6-14(17)7-5-13/h4-7,18H,3,8-12H2,1-2H3. The van der Waals surface area contributed by atoms with E-state index in [4.69, 9.17) is 0 Å². The lowest BCUT2D eigenvalue weighted by molar-refractivity contribution is -0.143. The minimum atomic E-state index is -0.244. The number of halogens is 1. The Hall–Kier alpha value is -1.42. The highest BCUT2D eigenvalue weighted by Crippen LogP contribution is 2.34. The molecule has 1 aliphatic heterocycles. The maximum Gasteiger partial charge on any atom is 0.228 e. The minimum absolute atomic E-state index is 0.214. The molecule has 0 aliphatic carbocycles. The Morgan fingerprint density at radius 1 is 1.30 bits per heavy atom. The largest absolute Gasteiger partial charge is 0.341 e. The maximum absolute atomic E-state index is 12.9. The second-order valence-corrected chi connectivity index (χ2v) is 5.67. The van der Waals surface area contributed by atoms with Crippen LogP contribution in [0.4, 0.5) is 4.39 Å². The van der Waals surface area contributed by atoms with E-state index in [0.717, 1.165) is 37.9 Å². The summed E-state index contributed by atoms with van der Waals surface area (Å²) in [5, 5.41) is 3.31. The monoisotopic (exact) mass is 278 g/mol. The van der Waals surface area contributed by atoms with Crippen molar-refractivity contribution in [1.82, 2.24) is 10.2 Å². The first-order valence-electron chi connectivity index (χ1n) is 7.28. The molecule has 0 aromatic heterocycles. The molecule has 110 valence electrons. The third kappa shape index (κ3) is 3.18. The van der Waals surface area contributed by atoms with Crippen molar-refractivity contribution in [2.75, 3.05) is 20.1 Å². The molecule has 0 saturated carbocycles. The zero-order valence-corrected chi connectivity index (χ0v) is 12.3. The van der Waals surface area contributed by atoms with Crippen molar-refractivity contribution in [2.24, 2.45) is 5.41 Å². The van der Waals surface area contributed by atoms with Crippen LogP contribution < -0.4 is 5.32 Å². The van der Waals surface area contributed by atoms with Gasteiger partial charge in [0.15, 0.2) is 0 Å². The van der Waals surface area contributed by atoms with Crippen LogP contribution in [-0.4, -0.2) is 30.9 Å². The highest BCUT2D eigenvalue weighted by molar-refractivity contribution is 5.82. The second-order valence-electron chi connectivity index (χ2n) is 5.67. The quantitative estimate of drug-likeness (QED) is 0.918. The fourth-order valence-electron chi connectivity index (χ4n) is 2.96. The van der Waals surface area contributed by atoms with Crippen LogP contribution in [0.5, 0.6) is 0 Å². The summed E-state index contributed by atoms with van der Waals surface area (Å²) in [6.45, 7) is 4.44. The van der Waals surface area contributed by atoms with Gasteiger partial charge in [-0.1, -0.05) is 19.1 Å². The Balaban J connectivity index is 2.05. The lowest BCUT2D eigenvalue weighted by Gasteiger charge is -2.38. The Bertz CT molecular complexity index is 452. The van der Waals surface area contributed by atoms with E-state index in [1.165, 1.54) is 12.1 Å². The minimum Gasteiger partial charge on any atom is -0.341 e. The van der Waals surface area contributed by atoms with Crippen LogP contribution in [0, 0.1) is 11.2 Å². The van der Waals surface area contributed by atoms with Gasteiger partial charge >= 0.3 is 0 Å². The molecule has 1 amide bonds. The number of rotatable bonds is 4. The highest BCUT2D eigenvalue weighted by Gasteiger charge is 2.39. The summed E-state index contributed by atoms with van der Waals surface area (Å²) < 4.78 is 12.9. The number of carbonyl (C=O) groups is 1. The first-order valence-corrected chi connectivity index (χ1v) is 7.28. The van der Waals surface area contributed by atoms with E-state index in [2.05, 4.69) is 12.2 Å². The third-order valence-electron chi connectivity index (χ3n) is 4.37. The van der Waals surface area contributed by atoms with Crippen LogP contribution >= 0.6 is 0 Å². The summed E-state index contributed by atoms with van der Waals surface area (Å²) in [5.74, 6) is -0.0306. The zero-order valence-electron chi connectivity index (χ0n) is 12.3. The number of carbonyl (C=O) groups excluding carboxylic acids is 1. The van der Waals surface area contributed by atoms with E-state index in [9.17, 15) is 9.18 Å². The van der Waals surface area contributed by atoms with Crippen LogP contribution in [0.15, 0.2) is 24.3 Å². The molecule has 20 heavy (non-hydrogen) atoms. The van der Waals surface area contributed by atoms with Gasteiger partial charge in [0.1, 0.15) is 5.82 Å². The summed E-state index contributed by atoms with van der Waals surface area (Å²) in [6.07, 6.45) is 2.67. The van der Waals surface area contributed by atoms with E-state index >= 15 is 0 Å². The van der Waals surface area contributed by atoms with E-state index in [1.54, 1.807) is 17.0 Å². The average molecular weight is 278 g/mol. The van der Waals surface area contributed by atoms with E-state index in [0.29, 0.717) is 6.54 Å². The predicted molar refractivity (Wildman–Crippen MR) is 77.7 cm³/mol. The molecule has 0 radical (unpaired) electrons. The summed E-state index contributed by atoms with van der Waals surface area (Å²) in [7, 11) is 1.84. The molecule has 0 atom stereocenters. The number of benzene rings is 1. The average Bonchev–Trinajstić information content (AvgIpc) is 2.49. The number of hydrogen-bond acceptors (Lipinski definition) is 2. The smallest absolute Gasteiger partial charge is 0.228 e. The second kappa shape index (κ2) is 6.35. The number of nitrogens with one attached hydrogen (secondary N) is 1. The lowest BCUT2D eigenvalue weighted by Crippen LogP contribution is -2.47. The van der Waals surface area contributed by atoms with Crippen molar-refractivity contribution in [3.8, 4) is 0 Å². The SMILES string of the molecule is CCC1(C(=O)N(C)Cc2ccc(F)cc2)CCNCC1. The van der Waals surface area contributed by atoms with Crippen LogP contribution in [0.3, 0.4) is 0 Å². The van der Waals surface area contributed by atoms with Crippen LogP contribution in [0.1, 0.15) is 31.7 Å². The van der Waals surface area contributed by atoms with Gasteiger partial charge in [-0.3, -0.25) is 4.79 Å². The summed E-state index contributed by atoms with van der Waals surface area (Å²) in [5.41, 5.74) is 0.738. The van der Waals surface area contributed by atoms with Gasteiger partial charge in [0.05, 0.1) is 5.41 Å². The molecule has 3 nitrogen and oxygen atoms in total. The fourth-order valence-corrected chi connectivity index (χ4v) is 2.96.